The molecule has 0 atom stereocenters. The molecule has 0 bridgehead atoms. The lowest BCUT2D eigenvalue weighted by molar-refractivity contribution is 0.945. The average Bonchev–Trinajstić information content (AvgIpc) is 2.62. The van der Waals surface area contributed by atoms with Crippen molar-refractivity contribution in [2.75, 3.05) is 5.73 Å². The molecule has 2 aromatic heterocycles. The predicted octanol–water partition coefficient (Wildman–Crippen LogP) is 3.53. The normalized spacial score (nSPS) is 10.2. The van der Waals surface area contributed by atoms with E-state index in [2.05, 4.69) is 4.98 Å². The van der Waals surface area contributed by atoms with Crippen LogP contribution in [0.1, 0.15) is 11.1 Å². The number of aromatic nitrogens is 2. The van der Waals surface area contributed by atoms with Gasteiger partial charge in [0, 0.05) is 27.4 Å². The Hall–Kier alpha value is -3.32. The fourth-order valence-electron chi connectivity index (χ4n) is 2.58. The molecular formula is C18H9Cl2N5O. The summed E-state index contributed by atoms with van der Waals surface area (Å²) < 4.78 is 1.03. The fourth-order valence-corrected chi connectivity index (χ4v) is 3.09. The fraction of sp³-hybridized carbons (Fsp3) is 0. The molecule has 0 amide bonds. The van der Waals surface area contributed by atoms with E-state index >= 15 is 0 Å². The van der Waals surface area contributed by atoms with Crippen LogP contribution in [0, 0.1) is 22.7 Å². The molecule has 6 nitrogen and oxygen atoms in total. The summed E-state index contributed by atoms with van der Waals surface area (Å²) in [4.78, 5) is 17.0. The molecule has 8 heteroatoms. The SMILES string of the molecule is N#Cc1c(-c2ccc(Cl)cc2Cl)c(C#N)c(=O)n(-c2ccccn2)c1N. The topological polar surface area (TPSA) is 108 Å². The first-order chi connectivity index (χ1) is 12.5. The number of nitrogen functional groups attached to an aromatic ring is 1. The Labute approximate surface area is 158 Å². The minimum atomic E-state index is -0.691. The molecule has 0 saturated carbocycles. The van der Waals surface area contributed by atoms with Gasteiger partial charge in [-0.2, -0.15) is 10.5 Å². The van der Waals surface area contributed by atoms with Crippen LogP contribution >= 0.6 is 23.2 Å². The number of nitrogens with zero attached hydrogens (tertiary/aromatic N) is 4. The van der Waals surface area contributed by atoms with Gasteiger partial charge >= 0.3 is 0 Å². The third kappa shape index (κ3) is 2.78. The zero-order valence-electron chi connectivity index (χ0n) is 13.1. The second-order valence-electron chi connectivity index (χ2n) is 5.19. The summed E-state index contributed by atoms with van der Waals surface area (Å²) in [5.74, 6) is 0.0768. The maximum absolute atomic E-state index is 12.9. The number of hydrogen-bond donors (Lipinski definition) is 1. The summed E-state index contributed by atoms with van der Waals surface area (Å²) in [6.45, 7) is 0. The average molecular weight is 382 g/mol. The first-order valence-corrected chi connectivity index (χ1v) is 8.00. The number of hydrogen-bond acceptors (Lipinski definition) is 5. The second-order valence-corrected chi connectivity index (χ2v) is 6.03. The van der Waals surface area contributed by atoms with E-state index in [1.165, 1.54) is 18.3 Å². The predicted molar refractivity (Wildman–Crippen MR) is 99.1 cm³/mol. The van der Waals surface area contributed by atoms with Gasteiger partial charge in [-0.05, 0) is 24.3 Å². The van der Waals surface area contributed by atoms with Crippen molar-refractivity contribution in [2.24, 2.45) is 0 Å². The van der Waals surface area contributed by atoms with Gasteiger partial charge in [0.05, 0.1) is 0 Å². The molecule has 0 fully saturated rings. The van der Waals surface area contributed by atoms with Gasteiger partial charge in [0.25, 0.3) is 5.56 Å². The molecule has 2 heterocycles. The van der Waals surface area contributed by atoms with Crippen LogP contribution in [0.15, 0.2) is 47.4 Å². The number of benzene rings is 1. The van der Waals surface area contributed by atoms with Gasteiger partial charge in [0.1, 0.15) is 34.9 Å². The van der Waals surface area contributed by atoms with Gasteiger partial charge < -0.3 is 5.73 Å². The molecule has 0 aliphatic carbocycles. The van der Waals surface area contributed by atoms with Crippen molar-refractivity contribution in [3.8, 4) is 29.1 Å². The van der Waals surface area contributed by atoms with Crippen LogP contribution in [-0.4, -0.2) is 9.55 Å². The van der Waals surface area contributed by atoms with Gasteiger partial charge in [-0.3, -0.25) is 4.79 Å². The number of nitriles is 2. The molecule has 26 heavy (non-hydrogen) atoms. The molecule has 0 unspecified atom stereocenters. The minimum Gasteiger partial charge on any atom is -0.384 e. The Morgan fingerprint density at radius 3 is 2.38 bits per heavy atom. The summed E-state index contributed by atoms with van der Waals surface area (Å²) in [6.07, 6.45) is 1.48. The number of nitrogens with two attached hydrogens (primary N) is 1. The maximum Gasteiger partial charge on any atom is 0.276 e. The van der Waals surface area contributed by atoms with Crippen molar-refractivity contribution >= 4 is 29.0 Å². The highest BCUT2D eigenvalue weighted by Crippen LogP contribution is 2.35. The molecule has 3 aromatic rings. The number of anilines is 1. The lowest BCUT2D eigenvalue weighted by atomic mass is 9.96. The number of halogens is 2. The molecular weight excluding hydrogens is 373 g/mol. The largest absolute Gasteiger partial charge is 0.384 e. The van der Waals surface area contributed by atoms with Crippen LogP contribution in [0.3, 0.4) is 0 Å². The monoisotopic (exact) mass is 381 g/mol. The van der Waals surface area contributed by atoms with Gasteiger partial charge in [-0.15, -0.1) is 0 Å². The van der Waals surface area contributed by atoms with Crippen LogP contribution in [0.4, 0.5) is 5.82 Å². The molecule has 1 aromatic carbocycles. The van der Waals surface area contributed by atoms with Crippen LogP contribution in [0.5, 0.6) is 0 Å². The Kier molecular flexibility index (Phi) is 4.64. The maximum atomic E-state index is 12.9. The lowest BCUT2D eigenvalue weighted by Gasteiger charge is -2.16. The molecule has 0 saturated heterocycles. The standard InChI is InChI=1S/C18H9Cl2N5O/c19-10-4-5-11(14(20)7-10)16-12(8-21)17(23)25(18(26)13(16)9-22)15-3-1-2-6-24-15/h1-7H,23H2. The third-order valence-electron chi connectivity index (χ3n) is 3.72. The summed E-state index contributed by atoms with van der Waals surface area (Å²) >= 11 is 12.1. The van der Waals surface area contributed by atoms with E-state index in [0.717, 1.165) is 4.57 Å². The van der Waals surface area contributed by atoms with E-state index in [1.54, 1.807) is 24.3 Å². The van der Waals surface area contributed by atoms with Crippen molar-refractivity contribution in [3.05, 3.63) is 74.1 Å². The Morgan fingerprint density at radius 1 is 1.08 bits per heavy atom. The molecule has 0 aliphatic rings. The van der Waals surface area contributed by atoms with Crippen molar-refractivity contribution in [1.82, 2.24) is 9.55 Å². The zero-order valence-corrected chi connectivity index (χ0v) is 14.6. The van der Waals surface area contributed by atoms with Crippen LogP contribution < -0.4 is 11.3 Å². The Morgan fingerprint density at radius 2 is 1.81 bits per heavy atom. The van der Waals surface area contributed by atoms with Crippen LogP contribution in [-0.2, 0) is 0 Å². The Balaban J connectivity index is 2.47. The van der Waals surface area contributed by atoms with E-state index in [4.69, 9.17) is 28.9 Å². The molecule has 0 spiro atoms. The summed E-state index contributed by atoms with van der Waals surface area (Å²) in [7, 11) is 0. The van der Waals surface area contributed by atoms with E-state index in [0.29, 0.717) is 10.6 Å². The van der Waals surface area contributed by atoms with Crippen molar-refractivity contribution in [1.29, 1.82) is 10.5 Å². The van der Waals surface area contributed by atoms with E-state index < -0.39 is 5.56 Å². The van der Waals surface area contributed by atoms with Crippen LogP contribution in [0.2, 0.25) is 10.0 Å². The number of rotatable bonds is 2. The molecule has 2 N–H and O–H groups in total. The highest BCUT2D eigenvalue weighted by molar-refractivity contribution is 6.36. The second kappa shape index (κ2) is 6.89. The molecule has 0 radical (unpaired) electrons. The quantitative estimate of drug-likeness (QED) is 0.729. The first-order valence-electron chi connectivity index (χ1n) is 7.25. The summed E-state index contributed by atoms with van der Waals surface area (Å²) in [5, 5.41) is 19.8. The highest BCUT2D eigenvalue weighted by atomic mass is 35.5. The Bertz CT molecular complexity index is 1160. The molecule has 126 valence electrons. The minimum absolute atomic E-state index is 0.0453. The third-order valence-corrected chi connectivity index (χ3v) is 4.26. The lowest BCUT2D eigenvalue weighted by Crippen LogP contribution is -2.27. The zero-order chi connectivity index (χ0) is 18.8. The van der Waals surface area contributed by atoms with E-state index in [1.807, 2.05) is 12.1 Å². The molecule has 0 aliphatic heterocycles. The highest BCUT2D eigenvalue weighted by Gasteiger charge is 2.24. The van der Waals surface area contributed by atoms with Gasteiger partial charge in [-0.25, -0.2) is 9.55 Å². The van der Waals surface area contributed by atoms with Crippen LogP contribution in [0.25, 0.3) is 16.9 Å². The van der Waals surface area contributed by atoms with Gasteiger partial charge in [0.2, 0.25) is 0 Å². The molecule has 3 rings (SSSR count). The van der Waals surface area contributed by atoms with Crippen molar-refractivity contribution in [3.63, 3.8) is 0 Å². The first kappa shape index (κ1) is 17.5. The number of pyridine rings is 2. The summed E-state index contributed by atoms with van der Waals surface area (Å²) in [6, 6.07) is 13.2. The van der Waals surface area contributed by atoms with E-state index in [9.17, 15) is 15.3 Å². The van der Waals surface area contributed by atoms with Crippen molar-refractivity contribution < 1.29 is 0 Å². The summed E-state index contributed by atoms with van der Waals surface area (Å²) in [5.41, 5.74) is 5.49. The smallest absolute Gasteiger partial charge is 0.276 e. The van der Waals surface area contributed by atoms with Gasteiger partial charge in [-0.1, -0.05) is 35.3 Å². The van der Waals surface area contributed by atoms with Gasteiger partial charge in [0.15, 0.2) is 0 Å². The van der Waals surface area contributed by atoms with Crippen molar-refractivity contribution in [2.45, 2.75) is 0 Å². The van der Waals surface area contributed by atoms with E-state index in [-0.39, 0.29) is 33.3 Å².